The number of benzene rings is 1. The Morgan fingerprint density at radius 1 is 1.21 bits per heavy atom. The average Bonchev–Trinajstić information content (AvgIpc) is 2.37. The lowest BCUT2D eigenvalue weighted by Gasteiger charge is -2.08. The van der Waals surface area contributed by atoms with Crippen molar-refractivity contribution in [1.82, 2.24) is 0 Å². The Bertz CT molecular complexity index is 413. The van der Waals surface area contributed by atoms with Gasteiger partial charge in [0, 0.05) is 0 Å². The summed E-state index contributed by atoms with van der Waals surface area (Å²) in [7, 11) is 0. The maximum Gasteiger partial charge on any atom is 0.416 e. The van der Waals surface area contributed by atoms with E-state index in [9.17, 15) is 18.0 Å². The zero-order valence-corrected chi connectivity index (χ0v) is 10.8. The third-order valence-corrected chi connectivity index (χ3v) is 2.66. The highest BCUT2D eigenvalue weighted by molar-refractivity contribution is 5.89. The summed E-state index contributed by atoms with van der Waals surface area (Å²) in [5.74, 6) is -0.706. The Morgan fingerprint density at radius 2 is 1.95 bits per heavy atom. The molecule has 19 heavy (non-hydrogen) atoms. The lowest BCUT2D eigenvalue weighted by molar-refractivity contribution is -0.137. The Hall–Kier alpha value is -1.52. The van der Waals surface area contributed by atoms with Gasteiger partial charge in [-0.25, -0.2) is 4.79 Å². The van der Waals surface area contributed by atoms with Crippen molar-refractivity contribution in [3.63, 3.8) is 0 Å². The summed E-state index contributed by atoms with van der Waals surface area (Å²) >= 11 is 0. The highest BCUT2D eigenvalue weighted by Crippen LogP contribution is 2.29. The lowest BCUT2D eigenvalue weighted by Crippen LogP contribution is -2.10. The maximum atomic E-state index is 12.5. The molecule has 0 fully saturated rings. The zero-order chi connectivity index (χ0) is 14.3. The first-order valence-corrected chi connectivity index (χ1v) is 6.29. The molecule has 0 saturated heterocycles. The molecule has 0 radical (unpaired) electrons. The van der Waals surface area contributed by atoms with E-state index in [1.54, 1.807) is 0 Å². The first kappa shape index (κ1) is 15.5. The summed E-state index contributed by atoms with van der Waals surface area (Å²) in [6.45, 7) is 2.31. The monoisotopic (exact) mass is 274 g/mol. The second-order valence-electron chi connectivity index (χ2n) is 4.28. The van der Waals surface area contributed by atoms with Gasteiger partial charge in [-0.05, 0) is 24.6 Å². The largest absolute Gasteiger partial charge is 0.462 e. The number of hydrogen-bond donors (Lipinski definition) is 0. The Kier molecular flexibility index (Phi) is 5.86. The van der Waals surface area contributed by atoms with Gasteiger partial charge in [0.05, 0.1) is 17.7 Å². The van der Waals surface area contributed by atoms with E-state index < -0.39 is 17.7 Å². The van der Waals surface area contributed by atoms with Crippen molar-refractivity contribution >= 4 is 5.97 Å². The highest BCUT2D eigenvalue weighted by atomic mass is 19.4. The summed E-state index contributed by atoms with van der Waals surface area (Å²) < 4.78 is 42.3. The molecule has 0 aliphatic heterocycles. The Morgan fingerprint density at radius 3 is 2.58 bits per heavy atom. The number of halogens is 3. The fourth-order valence-corrected chi connectivity index (χ4v) is 1.60. The molecule has 0 bridgehead atoms. The number of hydrogen-bond acceptors (Lipinski definition) is 2. The van der Waals surface area contributed by atoms with Gasteiger partial charge in [0.2, 0.25) is 0 Å². The van der Waals surface area contributed by atoms with Crippen molar-refractivity contribution in [2.75, 3.05) is 6.61 Å². The molecule has 0 amide bonds. The third kappa shape index (κ3) is 5.32. The fourth-order valence-electron chi connectivity index (χ4n) is 1.60. The highest BCUT2D eigenvalue weighted by Gasteiger charge is 2.30. The topological polar surface area (TPSA) is 26.3 Å². The van der Waals surface area contributed by atoms with Crippen LogP contribution in [0.3, 0.4) is 0 Å². The van der Waals surface area contributed by atoms with Crippen LogP contribution in [0.25, 0.3) is 0 Å². The van der Waals surface area contributed by atoms with Crippen LogP contribution in [0.5, 0.6) is 0 Å². The van der Waals surface area contributed by atoms with Crippen molar-refractivity contribution in [3.8, 4) is 0 Å². The van der Waals surface area contributed by atoms with Gasteiger partial charge in [0.25, 0.3) is 0 Å². The molecule has 0 atom stereocenters. The molecule has 0 aliphatic carbocycles. The number of carbonyl (C=O) groups excluding carboxylic acids is 1. The molecular weight excluding hydrogens is 257 g/mol. The SMILES string of the molecule is CCCCCCOC(=O)c1cccc(C(F)(F)F)c1. The summed E-state index contributed by atoms with van der Waals surface area (Å²) in [4.78, 5) is 11.6. The van der Waals surface area contributed by atoms with Crippen molar-refractivity contribution in [2.24, 2.45) is 0 Å². The molecule has 0 saturated carbocycles. The molecule has 0 aromatic heterocycles. The minimum Gasteiger partial charge on any atom is -0.462 e. The van der Waals surface area contributed by atoms with Gasteiger partial charge in [-0.3, -0.25) is 0 Å². The van der Waals surface area contributed by atoms with Crippen LogP contribution < -0.4 is 0 Å². The lowest BCUT2D eigenvalue weighted by atomic mass is 10.1. The Labute approximate surface area is 110 Å². The van der Waals surface area contributed by atoms with E-state index >= 15 is 0 Å². The van der Waals surface area contributed by atoms with E-state index in [2.05, 4.69) is 6.92 Å². The number of rotatable bonds is 6. The van der Waals surface area contributed by atoms with E-state index in [1.807, 2.05) is 0 Å². The molecular formula is C14H17F3O2. The summed E-state index contributed by atoms with van der Waals surface area (Å²) in [6, 6.07) is 4.27. The minimum atomic E-state index is -4.45. The standard InChI is InChI=1S/C14H17F3O2/c1-2-3-4-5-9-19-13(18)11-7-6-8-12(10-11)14(15,16)17/h6-8,10H,2-5,9H2,1H3. The van der Waals surface area contributed by atoms with Crippen molar-refractivity contribution in [2.45, 2.75) is 38.8 Å². The van der Waals surface area contributed by atoms with E-state index in [1.165, 1.54) is 12.1 Å². The normalized spacial score (nSPS) is 11.4. The molecule has 1 rings (SSSR count). The average molecular weight is 274 g/mol. The number of ether oxygens (including phenoxy) is 1. The summed E-state index contributed by atoms with van der Waals surface area (Å²) in [5.41, 5.74) is -0.904. The maximum absolute atomic E-state index is 12.5. The summed E-state index contributed by atoms with van der Waals surface area (Å²) in [5, 5.41) is 0. The van der Waals surface area contributed by atoms with Crippen LogP contribution in [-0.4, -0.2) is 12.6 Å². The van der Waals surface area contributed by atoms with E-state index in [4.69, 9.17) is 4.74 Å². The molecule has 0 spiro atoms. The molecule has 0 unspecified atom stereocenters. The van der Waals surface area contributed by atoms with E-state index in [-0.39, 0.29) is 12.2 Å². The van der Waals surface area contributed by atoms with Gasteiger partial charge in [0.15, 0.2) is 0 Å². The predicted octanol–water partition coefficient (Wildman–Crippen LogP) is 4.44. The van der Waals surface area contributed by atoms with Crippen LogP contribution in [-0.2, 0) is 10.9 Å². The first-order valence-electron chi connectivity index (χ1n) is 6.29. The molecule has 5 heteroatoms. The Balaban J connectivity index is 2.53. The van der Waals surface area contributed by atoms with Crippen molar-refractivity contribution in [3.05, 3.63) is 35.4 Å². The second kappa shape index (κ2) is 7.16. The predicted molar refractivity (Wildman–Crippen MR) is 65.9 cm³/mol. The second-order valence-corrected chi connectivity index (χ2v) is 4.28. The minimum absolute atomic E-state index is 0.0645. The summed E-state index contributed by atoms with van der Waals surface area (Å²) in [6.07, 6.45) is -0.634. The molecule has 0 N–H and O–H groups in total. The zero-order valence-electron chi connectivity index (χ0n) is 10.8. The van der Waals surface area contributed by atoms with Gasteiger partial charge in [-0.1, -0.05) is 32.3 Å². The first-order chi connectivity index (χ1) is 8.95. The fraction of sp³-hybridized carbons (Fsp3) is 0.500. The smallest absolute Gasteiger partial charge is 0.416 e. The van der Waals surface area contributed by atoms with Crippen LogP contribution in [0.2, 0.25) is 0 Å². The number of alkyl halides is 3. The van der Waals surface area contributed by atoms with Crippen LogP contribution in [0.15, 0.2) is 24.3 Å². The molecule has 106 valence electrons. The van der Waals surface area contributed by atoms with Crippen LogP contribution in [0, 0.1) is 0 Å². The molecule has 0 heterocycles. The molecule has 1 aromatic rings. The molecule has 2 nitrogen and oxygen atoms in total. The van der Waals surface area contributed by atoms with Gasteiger partial charge in [-0.15, -0.1) is 0 Å². The van der Waals surface area contributed by atoms with Crippen LogP contribution >= 0.6 is 0 Å². The number of carbonyl (C=O) groups is 1. The number of esters is 1. The molecule has 0 aliphatic rings. The van der Waals surface area contributed by atoms with Crippen molar-refractivity contribution < 1.29 is 22.7 Å². The number of unbranched alkanes of at least 4 members (excludes halogenated alkanes) is 3. The van der Waals surface area contributed by atoms with Crippen molar-refractivity contribution in [1.29, 1.82) is 0 Å². The van der Waals surface area contributed by atoms with Gasteiger partial charge in [-0.2, -0.15) is 13.2 Å². The van der Waals surface area contributed by atoms with Crippen LogP contribution in [0.1, 0.15) is 48.5 Å². The molecule has 1 aromatic carbocycles. The van der Waals surface area contributed by atoms with Crippen LogP contribution in [0.4, 0.5) is 13.2 Å². The quantitative estimate of drug-likeness (QED) is 0.566. The van der Waals surface area contributed by atoms with E-state index in [0.717, 1.165) is 37.8 Å². The van der Waals surface area contributed by atoms with Gasteiger partial charge >= 0.3 is 12.1 Å². The van der Waals surface area contributed by atoms with Gasteiger partial charge < -0.3 is 4.74 Å². The van der Waals surface area contributed by atoms with E-state index in [0.29, 0.717) is 0 Å². The van der Waals surface area contributed by atoms with Gasteiger partial charge in [0.1, 0.15) is 0 Å². The third-order valence-electron chi connectivity index (χ3n) is 2.66.